The largest absolute Gasteiger partial charge is 0.483 e. The van der Waals surface area contributed by atoms with Gasteiger partial charge in [0.05, 0.1) is 0 Å². The number of amides is 1. The van der Waals surface area contributed by atoms with Crippen molar-refractivity contribution in [2.75, 3.05) is 13.1 Å². The molecule has 138 valence electrons. The molecule has 1 aromatic carbocycles. The molecule has 1 N–H and O–H groups in total. The number of nitrogens with zero attached hydrogens (tertiary/aromatic N) is 3. The van der Waals surface area contributed by atoms with E-state index in [2.05, 4.69) is 15.3 Å². The third-order valence-electron chi connectivity index (χ3n) is 5.27. The van der Waals surface area contributed by atoms with E-state index in [1.807, 2.05) is 29.2 Å². The summed E-state index contributed by atoms with van der Waals surface area (Å²) in [4.78, 5) is 23.0. The third-order valence-corrected chi connectivity index (χ3v) is 5.27. The van der Waals surface area contributed by atoms with Crippen LogP contribution >= 0.6 is 0 Å². The van der Waals surface area contributed by atoms with Gasteiger partial charge < -0.3 is 19.4 Å². The normalized spacial score (nSPS) is 21.6. The van der Waals surface area contributed by atoms with E-state index in [4.69, 9.17) is 9.15 Å². The number of piperazine rings is 1. The minimum absolute atomic E-state index is 0.0698. The summed E-state index contributed by atoms with van der Waals surface area (Å²) in [5, 5.41) is 5.51. The highest BCUT2D eigenvalue weighted by molar-refractivity contribution is 5.92. The maximum Gasteiger partial charge on any atom is 0.275 e. The van der Waals surface area contributed by atoms with Gasteiger partial charge in [0.15, 0.2) is 12.3 Å². The Bertz CT molecular complexity index is 969. The Morgan fingerprint density at radius 3 is 2.96 bits per heavy atom. The minimum atomic E-state index is -0.0698. The second kappa shape index (κ2) is 6.66. The van der Waals surface area contributed by atoms with Crippen molar-refractivity contribution in [1.82, 2.24) is 20.2 Å². The Hall–Kier alpha value is -2.93. The number of pyridine rings is 1. The van der Waals surface area contributed by atoms with Gasteiger partial charge in [-0.3, -0.25) is 9.78 Å². The topological polar surface area (TPSA) is 80.5 Å². The molecule has 2 fully saturated rings. The molecule has 7 heteroatoms. The van der Waals surface area contributed by atoms with Crippen molar-refractivity contribution in [3.63, 3.8) is 0 Å². The van der Waals surface area contributed by atoms with E-state index in [9.17, 15) is 4.79 Å². The van der Waals surface area contributed by atoms with Crippen LogP contribution in [0.15, 0.2) is 47.3 Å². The van der Waals surface area contributed by atoms with Gasteiger partial charge in [-0.2, -0.15) is 0 Å². The number of likely N-dealkylation sites (tertiary alicyclic amines) is 1. The molecule has 0 radical (unpaired) electrons. The predicted molar refractivity (Wildman–Crippen MR) is 98.4 cm³/mol. The molecule has 7 nitrogen and oxygen atoms in total. The van der Waals surface area contributed by atoms with E-state index in [1.54, 1.807) is 12.4 Å². The van der Waals surface area contributed by atoms with E-state index >= 15 is 0 Å². The van der Waals surface area contributed by atoms with Crippen molar-refractivity contribution in [3.05, 3.63) is 54.5 Å². The fraction of sp³-hybridized carbons (Fsp3) is 0.350. The lowest BCUT2D eigenvalue weighted by molar-refractivity contribution is 0.0691. The van der Waals surface area contributed by atoms with Crippen LogP contribution < -0.4 is 10.1 Å². The zero-order chi connectivity index (χ0) is 18.2. The van der Waals surface area contributed by atoms with Gasteiger partial charge in [-0.05, 0) is 25.0 Å². The number of hydrogen-bond acceptors (Lipinski definition) is 6. The highest BCUT2D eigenvalue weighted by Crippen LogP contribution is 2.25. The van der Waals surface area contributed by atoms with E-state index in [1.165, 1.54) is 6.26 Å². The van der Waals surface area contributed by atoms with Gasteiger partial charge in [-0.15, -0.1) is 0 Å². The number of carbonyl (C=O) groups excluding carboxylic acids is 1. The van der Waals surface area contributed by atoms with Crippen LogP contribution in [0.4, 0.5) is 0 Å². The number of hydrogen-bond donors (Lipinski definition) is 1. The van der Waals surface area contributed by atoms with Crippen LogP contribution in [0.5, 0.6) is 5.75 Å². The summed E-state index contributed by atoms with van der Waals surface area (Å²) < 4.78 is 11.3. The average Bonchev–Trinajstić information content (AvgIpc) is 3.31. The first-order valence-electron chi connectivity index (χ1n) is 9.21. The van der Waals surface area contributed by atoms with Crippen molar-refractivity contribution in [2.45, 2.75) is 31.5 Å². The van der Waals surface area contributed by atoms with Gasteiger partial charge in [0.2, 0.25) is 5.89 Å². The summed E-state index contributed by atoms with van der Waals surface area (Å²) in [6, 6.07) is 8.52. The van der Waals surface area contributed by atoms with Gasteiger partial charge in [-0.25, -0.2) is 4.98 Å². The number of nitrogens with one attached hydrogen (secondary N) is 1. The Morgan fingerprint density at radius 1 is 1.26 bits per heavy atom. The molecule has 2 atom stereocenters. The molecule has 2 aliphatic heterocycles. The molecule has 2 aliphatic rings. The van der Waals surface area contributed by atoms with Gasteiger partial charge in [0.1, 0.15) is 12.0 Å². The number of oxazole rings is 1. The first kappa shape index (κ1) is 16.3. The standard InChI is InChI=1S/C20H20N4O3/c25-20(24-9-14-4-5-15(10-24)22-14)17-11-27-19(23-17)12-26-18-3-1-2-13-8-21-7-6-16(13)18/h1-3,6-8,11,14-15,22H,4-5,9-10,12H2/t14-,15+. The summed E-state index contributed by atoms with van der Waals surface area (Å²) in [6.45, 7) is 1.64. The molecule has 2 bridgehead atoms. The molecule has 0 unspecified atom stereocenters. The first-order chi connectivity index (χ1) is 13.3. The van der Waals surface area contributed by atoms with E-state index in [0.717, 1.165) is 42.5 Å². The van der Waals surface area contributed by atoms with Crippen LogP contribution in [-0.4, -0.2) is 45.9 Å². The average molecular weight is 364 g/mol. The van der Waals surface area contributed by atoms with Crippen molar-refractivity contribution >= 4 is 16.7 Å². The lowest BCUT2D eigenvalue weighted by atomic mass is 10.1. The summed E-state index contributed by atoms with van der Waals surface area (Å²) in [5.74, 6) is 1.06. The molecule has 5 rings (SSSR count). The molecule has 0 spiro atoms. The lowest BCUT2D eigenvalue weighted by Gasteiger charge is -2.32. The first-order valence-corrected chi connectivity index (χ1v) is 9.21. The monoisotopic (exact) mass is 364 g/mol. The molecule has 27 heavy (non-hydrogen) atoms. The summed E-state index contributed by atoms with van der Waals surface area (Å²) in [7, 11) is 0. The molecular formula is C20H20N4O3. The minimum Gasteiger partial charge on any atom is -0.483 e. The maximum absolute atomic E-state index is 12.7. The van der Waals surface area contributed by atoms with Crippen molar-refractivity contribution < 1.29 is 13.9 Å². The van der Waals surface area contributed by atoms with Crippen molar-refractivity contribution in [2.24, 2.45) is 0 Å². The van der Waals surface area contributed by atoms with E-state index in [0.29, 0.717) is 23.7 Å². The highest BCUT2D eigenvalue weighted by Gasteiger charge is 2.35. The molecule has 1 amide bonds. The second-order valence-corrected chi connectivity index (χ2v) is 7.12. The van der Waals surface area contributed by atoms with Gasteiger partial charge in [-0.1, -0.05) is 12.1 Å². The van der Waals surface area contributed by atoms with Crippen LogP contribution in [0.25, 0.3) is 10.8 Å². The Kier molecular flexibility index (Phi) is 4.01. The number of fused-ring (bicyclic) bond motifs is 3. The smallest absolute Gasteiger partial charge is 0.275 e. The van der Waals surface area contributed by atoms with Crippen LogP contribution in [0.3, 0.4) is 0 Å². The highest BCUT2D eigenvalue weighted by atomic mass is 16.5. The van der Waals surface area contributed by atoms with Gasteiger partial charge in [0.25, 0.3) is 5.91 Å². The quantitative estimate of drug-likeness (QED) is 0.766. The Balaban J connectivity index is 1.27. The SMILES string of the molecule is O=C(c1coc(COc2cccc3cnccc23)n1)N1C[C@H]2CC[C@@H](C1)N2. The van der Waals surface area contributed by atoms with Crippen LogP contribution in [0, 0.1) is 0 Å². The lowest BCUT2D eigenvalue weighted by Crippen LogP contribution is -2.53. The summed E-state index contributed by atoms with van der Waals surface area (Å²) in [6.07, 6.45) is 7.22. The molecule has 4 heterocycles. The number of ether oxygens (including phenoxy) is 1. The fourth-order valence-electron chi connectivity index (χ4n) is 3.96. The molecule has 0 aliphatic carbocycles. The van der Waals surface area contributed by atoms with Crippen LogP contribution in [0.2, 0.25) is 0 Å². The van der Waals surface area contributed by atoms with Gasteiger partial charge >= 0.3 is 0 Å². The Morgan fingerprint density at radius 2 is 2.11 bits per heavy atom. The number of benzene rings is 1. The van der Waals surface area contributed by atoms with Crippen molar-refractivity contribution in [1.29, 1.82) is 0 Å². The second-order valence-electron chi connectivity index (χ2n) is 7.12. The van der Waals surface area contributed by atoms with E-state index < -0.39 is 0 Å². The molecule has 2 saturated heterocycles. The predicted octanol–water partition coefficient (Wildman–Crippen LogP) is 2.38. The van der Waals surface area contributed by atoms with Crippen molar-refractivity contribution in [3.8, 4) is 5.75 Å². The summed E-state index contributed by atoms with van der Waals surface area (Å²) in [5.41, 5.74) is 0.344. The zero-order valence-electron chi connectivity index (χ0n) is 14.8. The molecule has 3 aromatic rings. The zero-order valence-corrected chi connectivity index (χ0v) is 14.8. The molecule has 0 saturated carbocycles. The Labute approximate surface area is 156 Å². The fourth-order valence-corrected chi connectivity index (χ4v) is 3.96. The van der Waals surface area contributed by atoms with E-state index in [-0.39, 0.29) is 12.5 Å². The van der Waals surface area contributed by atoms with Gasteiger partial charge in [0, 0.05) is 48.3 Å². The number of aromatic nitrogens is 2. The van der Waals surface area contributed by atoms with Crippen LogP contribution in [0.1, 0.15) is 29.2 Å². The number of rotatable bonds is 4. The van der Waals surface area contributed by atoms with Crippen LogP contribution in [-0.2, 0) is 6.61 Å². The summed E-state index contributed by atoms with van der Waals surface area (Å²) >= 11 is 0. The molecular weight excluding hydrogens is 344 g/mol. The third kappa shape index (κ3) is 3.14. The number of carbonyl (C=O) groups is 1. The maximum atomic E-state index is 12.7. The molecule has 2 aromatic heterocycles.